The number of ether oxygens (including phenoxy) is 3. The summed E-state index contributed by atoms with van der Waals surface area (Å²) in [7, 11) is 0. The fourth-order valence-electron chi connectivity index (χ4n) is 1.69. The molecule has 1 aromatic carbocycles. The van der Waals surface area contributed by atoms with Crippen LogP contribution in [-0.4, -0.2) is 36.3 Å². The van der Waals surface area contributed by atoms with Gasteiger partial charge in [0, 0.05) is 11.8 Å². The predicted octanol–water partition coefficient (Wildman–Crippen LogP) is 2.04. The normalized spacial score (nSPS) is 13.6. The van der Waals surface area contributed by atoms with Gasteiger partial charge in [-0.1, -0.05) is 0 Å². The molecule has 6 nitrogen and oxygen atoms in total. The molecule has 1 N–H and O–H groups in total. The van der Waals surface area contributed by atoms with Crippen LogP contribution in [0.15, 0.2) is 18.2 Å². The zero-order valence-electron chi connectivity index (χ0n) is 11.9. The van der Waals surface area contributed by atoms with E-state index in [0.29, 0.717) is 23.8 Å². The van der Waals surface area contributed by atoms with Crippen LogP contribution in [0.2, 0.25) is 0 Å². The smallest absolute Gasteiger partial charge is 0.315 e. The van der Waals surface area contributed by atoms with E-state index < -0.39 is 0 Å². The summed E-state index contributed by atoms with van der Waals surface area (Å²) in [5, 5.41) is 2.42. The highest BCUT2D eigenvalue weighted by Crippen LogP contribution is 2.34. The van der Waals surface area contributed by atoms with E-state index in [9.17, 15) is 9.59 Å². The van der Waals surface area contributed by atoms with E-state index >= 15 is 0 Å². The first-order valence-corrected chi connectivity index (χ1v) is 7.62. The van der Waals surface area contributed by atoms with E-state index in [1.54, 1.807) is 32.0 Å². The van der Waals surface area contributed by atoms with Crippen molar-refractivity contribution in [2.45, 2.75) is 19.1 Å². The van der Waals surface area contributed by atoms with E-state index in [0.717, 1.165) is 0 Å². The van der Waals surface area contributed by atoms with Crippen LogP contribution in [0.25, 0.3) is 0 Å². The van der Waals surface area contributed by atoms with Crippen LogP contribution in [0, 0.1) is 0 Å². The number of carbonyl (C=O) groups excluding carboxylic acids is 2. The van der Waals surface area contributed by atoms with Gasteiger partial charge in [-0.05, 0) is 26.0 Å². The van der Waals surface area contributed by atoms with Crippen molar-refractivity contribution < 1.29 is 23.8 Å². The Bertz CT molecular complexity index is 534. The Hall–Kier alpha value is -1.89. The lowest BCUT2D eigenvalue weighted by Crippen LogP contribution is -2.24. The molecule has 114 valence electrons. The van der Waals surface area contributed by atoms with E-state index in [1.165, 1.54) is 11.8 Å². The highest BCUT2D eigenvalue weighted by atomic mass is 32.2. The van der Waals surface area contributed by atoms with Crippen molar-refractivity contribution in [3.8, 4) is 11.5 Å². The zero-order valence-corrected chi connectivity index (χ0v) is 12.7. The van der Waals surface area contributed by atoms with Crippen LogP contribution in [0.4, 0.5) is 5.69 Å². The minimum atomic E-state index is -0.361. The van der Waals surface area contributed by atoms with E-state index in [2.05, 4.69) is 5.32 Å². The molecule has 1 aliphatic heterocycles. The molecule has 0 saturated heterocycles. The molecule has 0 bridgehead atoms. The van der Waals surface area contributed by atoms with Crippen molar-refractivity contribution in [1.82, 2.24) is 0 Å². The number of carbonyl (C=O) groups is 2. The van der Waals surface area contributed by atoms with Crippen LogP contribution in [0.3, 0.4) is 0 Å². The Morgan fingerprint density at radius 2 is 2.14 bits per heavy atom. The molecule has 1 aromatic rings. The maximum atomic E-state index is 12.0. The minimum Gasteiger partial charge on any atom is -0.465 e. The molecule has 21 heavy (non-hydrogen) atoms. The van der Waals surface area contributed by atoms with E-state index in [-0.39, 0.29) is 29.7 Å². The molecule has 1 amide bonds. The SMILES string of the molecule is CCOC(=O)CSC(C)C(=O)Nc1ccc2c(c1)OCO2. The summed E-state index contributed by atoms with van der Waals surface area (Å²) in [5.74, 6) is 0.939. The van der Waals surface area contributed by atoms with Gasteiger partial charge < -0.3 is 19.5 Å². The van der Waals surface area contributed by atoms with Crippen molar-refractivity contribution >= 4 is 29.3 Å². The van der Waals surface area contributed by atoms with Gasteiger partial charge in [0.2, 0.25) is 12.7 Å². The average Bonchev–Trinajstić information content (AvgIpc) is 2.92. The number of esters is 1. The van der Waals surface area contributed by atoms with Gasteiger partial charge in [-0.3, -0.25) is 9.59 Å². The third-order valence-corrected chi connectivity index (χ3v) is 3.88. The third kappa shape index (κ3) is 4.29. The van der Waals surface area contributed by atoms with Crippen molar-refractivity contribution in [3.05, 3.63) is 18.2 Å². The maximum absolute atomic E-state index is 12.0. The molecule has 1 heterocycles. The minimum absolute atomic E-state index is 0.156. The Kier molecular flexibility index (Phi) is 5.32. The van der Waals surface area contributed by atoms with Crippen LogP contribution >= 0.6 is 11.8 Å². The molecule has 1 aliphatic rings. The Morgan fingerprint density at radius 3 is 2.90 bits per heavy atom. The number of nitrogens with one attached hydrogen (secondary N) is 1. The van der Waals surface area contributed by atoms with Crippen LogP contribution in [0.1, 0.15) is 13.8 Å². The lowest BCUT2D eigenvalue weighted by molar-refractivity contribution is -0.139. The molecule has 0 radical (unpaired) electrons. The van der Waals surface area contributed by atoms with Gasteiger partial charge in [0.15, 0.2) is 11.5 Å². The van der Waals surface area contributed by atoms with Gasteiger partial charge in [-0.15, -0.1) is 11.8 Å². The summed E-state index contributed by atoms with van der Waals surface area (Å²) in [6, 6.07) is 5.20. The van der Waals surface area contributed by atoms with E-state index in [1.807, 2.05) is 0 Å². The van der Waals surface area contributed by atoms with Gasteiger partial charge in [-0.2, -0.15) is 0 Å². The summed E-state index contributed by atoms with van der Waals surface area (Å²) in [6.45, 7) is 4.03. The summed E-state index contributed by atoms with van der Waals surface area (Å²) >= 11 is 1.23. The second kappa shape index (κ2) is 7.21. The van der Waals surface area contributed by atoms with Gasteiger partial charge in [0.25, 0.3) is 0 Å². The summed E-state index contributed by atoms with van der Waals surface area (Å²) < 4.78 is 15.3. The van der Waals surface area contributed by atoms with Crippen molar-refractivity contribution in [1.29, 1.82) is 0 Å². The van der Waals surface area contributed by atoms with Crippen LogP contribution < -0.4 is 14.8 Å². The molecule has 7 heteroatoms. The summed E-state index contributed by atoms with van der Waals surface area (Å²) in [5.41, 5.74) is 0.632. The fourth-order valence-corrected chi connectivity index (χ4v) is 2.37. The molecule has 0 saturated carbocycles. The Morgan fingerprint density at radius 1 is 1.38 bits per heavy atom. The molecule has 2 rings (SSSR count). The van der Waals surface area contributed by atoms with Crippen LogP contribution in [-0.2, 0) is 14.3 Å². The number of benzene rings is 1. The predicted molar refractivity (Wildman–Crippen MR) is 79.7 cm³/mol. The van der Waals surface area contributed by atoms with Crippen LogP contribution in [0.5, 0.6) is 11.5 Å². The first-order chi connectivity index (χ1) is 10.1. The maximum Gasteiger partial charge on any atom is 0.315 e. The topological polar surface area (TPSA) is 73.9 Å². The lowest BCUT2D eigenvalue weighted by atomic mass is 10.2. The number of hydrogen-bond acceptors (Lipinski definition) is 6. The molecule has 0 aromatic heterocycles. The number of fused-ring (bicyclic) bond motifs is 1. The zero-order chi connectivity index (χ0) is 15.2. The standard InChI is InChI=1S/C14H17NO5S/c1-3-18-13(16)7-21-9(2)14(17)15-10-4-5-11-12(6-10)20-8-19-11/h4-6,9H,3,7-8H2,1-2H3,(H,15,17). The van der Waals surface area contributed by atoms with Crippen molar-refractivity contribution in [2.24, 2.45) is 0 Å². The highest BCUT2D eigenvalue weighted by Gasteiger charge is 2.18. The largest absolute Gasteiger partial charge is 0.465 e. The summed E-state index contributed by atoms with van der Waals surface area (Å²) in [4.78, 5) is 23.3. The molecule has 0 aliphatic carbocycles. The number of anilines is 1. The number of thioether (sulfide) groups is 1. The quantitative estimate of drug-likeness (QED) is 0.810. The molecule has 0 fully saturated rings. The van der Waals surface area contributed by atoms with Gasteiger partial charge in [0.1, 0.15) is 0 Å². The van der Waals surface area contributed by atoms with Crippen molar-refractivity contribution in [2.75, 3.05) is 24.5 Å². The Balaban J connectivity index is 1.84. The second-order valence-corrected chi connectivity index (χ2v) is 5.64. The molecule has 1 unspecified atom stereocenters. The Labute approximate surface area is 127 Å². The number of amides is 1. The number of rotatable bonds is 6. The first-order valence-electron chi connectivity index (χ1n) is 6.58. The average molecular weight is 311 g/mol. The first kappa shape index (κ1) is 15.5. The van der Waals surface area contributed by atoms with Crippen molar-refractivity contribution in [3.63, 3.8) is 0 Å². The van der Waals surface area contributed by atoms with Gasteiger partial charge in [0.05, 0.1) is 17.6 Å². The fraction of sp³-hybridized carbons (Fsp3) is 0.429. The third-order valence-electron chi connectivity index (χ3n) is 2.77. The van der Waals surface area contributed by atoms with Gasteiger partial charge >= 0.3 is 5.97 Å². The molecular weight excluding hydrogens is 294 g/mol. The number of hydrogen-bond donors (Lipinski definition) is 1. The molecular formula is C14H17NO5S. The lowest BCUT2D eigenvalue weighted by Gasteiger charge is -2.12. The monoisotopic (exact) mass is 311 g/mol. The molecule has 1 atom stereocenters. The molecule has 0 spiro atoms. The van der Waals surface area contributed by atoms with E-state index in [4.69, 9.17) is 14.2 Å². The highest BCUT2D eigenvalue weighted by molar-refractivity contribution is 8.01. The summed E-state index contributed by atoms with van der Waals surface area (Å²) in [6.07, 6.45) is 0. The van der Waals surface area contributed by atoms with Gasteiger partial charge in [-0.25, -0.2) is 0 Å². The second-order valence-electron chi connectivity index (χ2n) is 4.32.